The average Bonchev–Trinajstić information content (AvgIpc) is 2.86. The highest BCUT2D eigenvalue weighted by atomic mass is 32.2. The lowest BCUT2D eigenvalue weighted by Crippen LogP contribution is -2.36. The first kappa shape index (κ1) is 17.3. The first-order chi connectivity index (χ1) is 12.6. The molecule has 0 atom stereocenters. The number of benzene rings is 2. The van der Waals surface area contributed by atoms with E-state index in [4.69, 9.17) is 0 Å². The van der Waals surface area contributed by atoms with Crippen LogP contribution in [0, 0.1) is 0 Å². The number of hydrogen-bond acceptors (Lipinski definition) is 3. The van der Waals surface area contributed by atoms with E-state index in [9.17, 15) is 13.2 Å². The molecule has 1 aliphatic heterocycles. The molecule has 0 unspecified atom stereocenters. The van der Waals surface area contributed by atoms with E-state index in [-0.39, 0.29) is 5.91 Å². The summed E-state index contributed by atoms with van der Waals surface area (Å²) in [6.45, 7) is 0.328. The first-order valence-corrected chi connectivity index (χ1v) is 10.9. The van der Waals surface area contributed by atoms with Crippen LogP contribution in [0.3, 0.4) is 0 Å². The lowest BCUT2D eigenvalue weighted by Gasteiger charge is -2.23. The molecule has 1 fully saturated rings. The van der Waals surface area contributed by atoms with E-state index >= 15 is 0 Å². The summed E-state index contributed by atoms with van der Waals surface area (Å²) in [7, 11) is -3.52. The van der Waals surface area contributed by atoms with Crippen molar-refractivity contribution in [1.29, 1.82) is 0 Å². The molecule has 0 bridgehead atoms. The van der Waals surface area contributed by atoms with Gasteiger partial charge in [0.15, 0.2) is 0 Å². The molecule has 0 saturated heterocycles. The Hall–Kier alpha value is -2.08. The lowest BCUT2D eigenvalue weighted by molar-refractivity contribution is -0.122. The van der Waals surface area contributed by atoms with E-state index in [2.05, 4.69) is 5.32 Å². The van der Waals surface area contributed by atoms with Gasteiger partial charge in [0.1, 0.15) is 0 Å². The minimum absolute atomic E-state index is 0.0317. The summed E-state index contributed by atoms with van der Waals surface area (Å²) in [6.07, 6.45) is 6.61. The maximum absolute atomic E-state index is 12.9. The number of nitrogens with one attached hydrogen (secondary N) is 1. The molecule has 1 N–H and O–H groups in total. The summed E-state index contributed by atoms with van der Waals surface area (Å²) >= 11 is 0. The van der Waals surface area contributed by atoms with Crippen molar-refractivity contribution >= 4 is 32.4 Å². The molecular formula is C20H24N2O3S. The van der Waals surface area contributed by atoms with Crippen LogP contribution in [-0.4, -0.2) is 26.9 Å². The quantitative estimate of drug-likeness (QED) is 0.872. The number of rotatable bonds is 5. The summed E-state index contributed by atoms with van der Waals surface area (Å²) in [5, 5.41) is 4.82. The molecule has 2 aromatic rings. The highest BCUT2D eigenvalue weighted by molar-refractivity contribution is 7.93. The van der Waals surface area contributed by atoms with Gasteiger partial charge in [0.05, 0.1) is 10.6 Å². The standard InChI is InChI=1S/C20H24N2O3S/c23-19(21-16-9-2-1-3-10-16)13-6-14-22-17-11-4-7-15-8-5-12-18(20(15)17)26(22,24)25/h4-5,7-8,11-12,16H,1-3,6,9-10,13-14H2,(H,21,23). The SMILES string of the molecule is O=C(CCCN1c2cccc3cccc(c23)S1(=O)=O)NC1CCCCC1. The number of carbonyl (C=O) groups is 1. The molecule has 1 heterocycles. The fourth-order valence-corrected chi connectivity index (χ4v) is 5.88. The summed E-state index contributed by atoms with van der Waals surface area (Å²) < 4.78 is 27.2. The van der Waals surface area contributed by atoms with Crippen molar-refractivity contribution in [3.63, 3.8) is 0 Å². The Morgan fingerprint density at radius 1 is 1.08 bits per heavy atom. The van der Waals surface area contributed by atoms with Gasteiger partial charge >= 0.3 is 0 Å². The summed E-state index contributed by atoms with van der Waals surface area (Å²) in [6, 6.07) is 11.3. The third-order valence-electron chi connectivity index (χ3n) is 5.42. The Kier molecular flexibility index (Phi) is 4.61. The van der Waals surface area contributed by atoms with Crippen LogP contribution in [0.1, 0.15) is 44.9 Å². The zero-order valence-electron chi connectivity index (χ0n) is 14.8. The molecule has 5 nitrogen and oxygen atoms in total. The Morgan fingerprint density at radius 2 is 1.81 bits per heavy atom. The molecule has 1 aliphatic carbocycles. The largest absolute Gasteiger partial charge is 0.353 e. The molecule has 138 valence electrons. The van der Waals surface area contributed by atoms with E-state index in [1.807, 2.05) is 24.3 Å². The van der Waals surface area contributed by atoms with Crippen LogP contribution < -0.4 is 9.62 Å². The van der Waals surface area contributed by atoms with Gasteiger partial charge in [-0.25, -0.2) is 8.42 Å². The second kappa shape index (κ2) is 6.91. The zero-order valence-corrected chi connectivity index (χ0v) is 15.6. The monoisotopic (exact) mass is 372 g/mol. The molecule has 6 heteroatoms. The number of anilines is 1. The van der Waals surface area contributed by atoms with Gasteiger partial charge in [0.25, 0.3) is 10.0 Å². The minimum atomic E-state index is -3.52. The Balaban J connectivity index is 1.43. The Bertz CT molecular complexity index is 928. The summed E-state index contributed by atoms with van der Waals surface area (Å²) in [5.74, 6) is 0.0317. The van der Waals surface area contributed by atoms with Gasteiger partial charge < -0.3 is 5.32 Å². The van der Waals surface area contributed by atoms with Gasteiger partial charge in [0, 0.05) is 24.4 Å². The number of carbonyl (C=O) groups excluding carboxylic acids is 1. The van der Waals surface area contributed by atoms with Crippen LogP contribution >= 0.6 is 0 Å². The predicted molar refractivity (Wildman–Crippen MR) is 103 cm³/mol. The van der Waals surface area contributed by atoms with Crippen LogP contribution in [0.15, 0.2) is 41.3 Å². The highest BCUT2D eigenvalue weighted by Gasteiger charge is 2.35. The maximum Gasteiger partial charge on any atom is 0.265 e. The van der Waals surface area contributed by atoms with E-state index in [1.54, 1.807) is 12.1 Å². The molecule has 2 aromatic carbocycles. The van der Waals surface area contributed by atoms with Gasteiger partial charge in [0.2, 0.25) is 5.91 Å². The number of hydrogen-bond donors (Lipinski definition) is 1. The third-order valence-corrected chi connectivity index (χ3v) is 7.27. The second-order valence-corrected chi connectivity index (χ2v) is 9.05. The predicted octanol–water partition coefficient (Wildman–Crippen LogP) is 3.58. The maximum atomic E-state index is 12.9. The fraction of sp³-hybridized carbons (Fsp3) is 0.450. The van der Waals surface area contributed by atoms with Crippen LogP contribution in [0.5, 0.6) is 0 Å². The van der Waals surface area contributed by atoms with Crippen molar-refractivity contribution in [2.75, 3.05) is 10.8 Å². The fourth-order valence-electron chi connectivity index (χ4n) is 4.13. The molecule has 0 aromatic heterocycles. The number of sulfonamides is 1. The molecule has 4 rings (SSSR count). The van der Waals surface area contributed by atoms with Crippen molar-refractivity contribution in [3.8, 4) is 0 Å². The Morgan fingerprint density at radius 3 is 2.58 bits per heavy atom. The van der Waals surface area contributed by atoms with Crippen LogP contribution in [0.2, 0.25) is 0 Å². The first-order valence-electron chi connectivity index (χ1n) is 9.41. The van der Waals surface area contributed by atoms with Gasteiger partial charge in [-0.1, -0.05) is 43.5 Å². The minimum Gasteiger partial charge on any atom is -0.353 e. The van der Waals surface area contributed by atoms with Gasteiger partial charge in [-0.3, -0.25) is 9.10 Å². The molecule has 1 amide bonds. The second-order valence-electron chi connectivity index (χ2n) is 7.21. The van der Waals surface area contributed by atoms with E-state index in [0.29, 0.717) is 30.3 Å². The third kappa shape index (κ3) is 3.07. The average molecular weight is 372 g/mol. The van der Waals surface area contributed by atoms with Crippen LogP contribution in [0.25, 0.3) is 10.8 Å². The van der Waals surface area contributed by atoms with Gasteiger partial charge in [-0.2, -0.15) is 0 Å². The normalized spacial score (nSPS) is 19.0. The van der Waals surface area contributed by atoms with Crippen LogP contribution in [0.4, 0.5) is 5.69 Å². The summed E-state index contributed by atoms with van der Waals surface area (Å²) in [4.78, 5) is 12.5. The lowest BCUT2D eigenvalue weighted by atomic mass is 9.95. The van der Waals surface area contributed by atoms with Crippen molar-refractivity contribution in [2.45, 2.75) is 55.9 Å². The Labute approximate surface area is 154 Å². The highest BCUT2D eigenvalue weighted by Crippen LogP contribution is 2.41. The molecule has 2 aliphatic rings. The smallest absolute Gasteiger partial charge is 0.265 e. The van der Waals surface area contributed by atoms with Gasteiger partial charge in [-0.05, 0) is 36.8 Å². The molecule has 0 radical (unpaired) electrons. The molecule has 1 saturated carbocycles. The zero-order chi connectivity index (χ0) is 18.1. The van der Waals surface area contributed by atoms with E-state index in [1.165, 1.54) is 23.6 Å². The molecule has 26 heavy (non-hydrogen) atoms. The van der Waals surface area contributed by atoms with Crippen molar-refractivity contribution in [2.24, 2.45) is 0 Å². The van der Waals surface area contributed by atoms with Crippen molar-refractivity contribution in [1.82, 2.24) is 5.32 Å². The number of amides is 1. The van der Waals surface area contributed by atoms with E-state index < -0.39 is 10.0 Å². The number of nitrogens with zero attached hydrogens (tertiary/aromatic N) is 1. The molecular weight excluding hydrogens is 348 g/mol. The summed E-state index contributed by atoms with van der Waals surface area (Å²) in [5.41, 5.74) is 0.728. The van der Waals surface area contributed by atoms with Crippen molar-refractivity contribution in [3.05, 3.63) is 36.4 Å². The van der Waals surface area contributed by atoms with Gasteiger partial charge in [-0.15, -0.1) is 0 Å². The molecule has 0 spiro atoms. The topological polar surface area (TPSA) is 66.5 Å². The van der Waals surface area contributed by atoms with Crippen LogP contribution in [-0.2, 0) is 14.8 Å². The van der Waals surface area contributed by atoms with Crippen molar-refractivity contribution < 1.29 is 13.2 Å². The van der Waals surface area contributed by atoms with E-state index in [0.717, 1.165) is 29.3 Å².